The molecule has 0 spiro atoms. The third-order valence-electron chi connectivity index (χ3n) is 4.53. The summed E-state index contributed by atoms with van der Waals surface area (Å²) in [6, 6.07) is 10.0. The van der Waals surface area contributed by atoms with E-state index in [1.807, 2.05) is 0 Å². The highest BCUT2D eigenvalue weighted by atomic mass is 19.1. The van der Waals surface area contributed by atoms with Crippen molar-refractivity contribution in [3.63, 3.8) is 0 Å². The fourth-order valence-corrected chi connectivity index (χ4v) is 2.99. The largest absolute Gasteiger partial charge is 0.324 e. The average molecular weight is 343 g/mol. The van der Waals surface area contributed by atoms with Gasteiger partial charge in [0, 0.05) is 24.7 Å². The topological polar surface area (TPSA) is 61.4 Å². The molecule has 0 radical (unpaired) electrons. The molecule has 1 aliphatic rings. The molecule has 0 bridgehead atoms. The standard InChI is InChI=1S/C18H22FN5O/c1-23(2)13-9-11-24(12-10-13)18(25)20-17-8-7-16(21-22-17)14-5-3-4-6-15(14)19/h3-8,13H,9-12H2,1-2H3,(H,20,22,25). The normalized spacial score (nSPS) is 15.4. The van der Waals surface area contributed by atoms with Crippen LogP contribution in [0.1, 0.15) is 12.8 Å². The van der Waals surface area contributed by atoms with Gasteiger partial charge in [0.1, 0.15) is 5.82 Å². The maximum absolute atomic E-state index is 13.8. The van der Waals surface area contributed by atoms with E-state index in [0.717, 1.165) is 25.9 Å². The lowest BCUT2D eigenvalue weighted by Crippen LogP contribution is -2.46. The number of benzene rings is 1. The molecule has 2 amide bonds. The summed E-state index contributed by atoms with van der Waals surface area (Å²) in [6.45, 7) is 1.44. The number of carbonyl (C=O) groups is 1. The van der Waals surface area contributed by atoms with E-state index >= 15 is 0 Å². The lowest BCUT2D eigenvalue weighted by atomic mass is 10.0. The number of halogens is 1. The third-order valence-corrected chi connectivity index (χ3v) is 4.53. The van der Waals surface area contributed by atoms with E-state index in [4.69, 9.17) is 0 Å². The molecule has 1 aromatic carbocycles. The Morgan fingerprint density at radius 2 is 1.88 bits per heavy atom. The summed E-state index contributed by atoms with van der Waals surface area (Å²) < 4.78 is 13.8. The van der Waals surface area contributed by atoms with E-state index in [1.54, 1.807) is 35.2 Å². The molecule has 0 atom stereocenters. The molecule has 1 aromatic heterocycles. The number of nitrogens with zero attached hydrogens (tertiary/aromatic N) is 4. The first kappa shape index (κ1) is 17.3. The van der Waals surface area contributed by atoms with Crippen molar-refractivity contribution in [2.24, 2.45) is 0 Å². The number of nitrogens with one attached hydrogen (secondary N) is 1. The van der Waals surface area contributed by atoms with Gasteiger partial charge < -0.3 is 9.80 Å². The molecule has 1 fully saturated rings. The predicted molar refractivity (Wildman–Crippen MR) is 94.7 cm³/mol. The minimum atomic E-state index is -0.350. The molecular weight excluding hydrogens is 321 g/mol. The van der Waals surface area contributed by atoms with Crippen molar-refractivity contribution >= 4 is 11.8 Å². The molecule has 132 valence electrons. The number of likely N-dealkylation sites (tertiary alicyclic amines) is 1. The van der Waals surface area contributed by atoms with Crippen LogP contribution in [0.2, 0.25) is 0 Å². The Hall–Kier alpha value is -2.54. The second-order valence-corrected chi connectivity index (χ2v) is 6.40. The predicted octanol–water partition coefficient (Wildman–Crippen LogP) is 2.84. The Balaban J connectivity index is 1.60. The molecule has 6 nitrogen and oxygen atoms in total. The maximum atomic E-state index is 13.8. The van der Waals surface area contributed by atoms with Gasteiger partial charge in [-0.15, -0.1) is 10.2 Å². The van der Waals surface area contributed by atoms with Gasteiger partial charge in [-0.2, -0.15) is 0 Å². The number of aromatic nitrogens is 2. The number of urea groups is 1. The number of hydrogen-bond donors (Lipinski definition) is 1. The van der Waals surface area contributed by atoms with Gasteiger partial charge in [-0.1, -0.05) is 12.1 Å². The first-order valence-electron chi connectivity index (χ1n) is 8.35. The van der Waals surface area contributed by atoms with E-state index in [-0.39, 0.29) is 11.8 Å². The zero-order valence-corrected chi connectivity index (χ0v) is 14.4. The summed E-state index contributed by atoms with van der Waals surface area (Å²) in [7, 11) is 4.13. The number of rotatable bonds is 3. The fraction of sp³-hybridized carbons (Fsp3) is 0.389. The Morgan fingerprint density at radius 1 is 1.16 bits per heavy atom. The third kappa shape index (κ3) is 4.11. The minimum Gasteiger partial charge on any atom is -0.324 e. The van der Waals surface area contributed by atoms with Crippen LogP contribution in [0, 0.1) is 5.82 Å². The van der Waals surface area contributed by atoms with Crippen molar-refractivity contribution < 1.29 is 9.18 Å². The Bertz CT molecular complexity index is 727. The zero-order chi connectivity index (χ0) is 17.8. The zero-order valence-electron chi connectivity index (χ0n) is 14.4. The first-order valence-corrected chi connectivity index (χ1v) is 8.35. The smallest absolute Gasteiger partial charge is 0.323 e. The van der Waals surface area contributed by atoms with Crippen molar-refractivity contribution in [3.8, 4) is 11.3 Å². The lowest BCUT2D eigenvalue weighted by Gasteiger charge is -2.35. The van der Waals surface area contributed by atoms with Gasteiger partial charge in [0.2, 0.25) is 0 Å². The van der Waals surface area contributed by atoms with Crippen LogP contribution in [-0.2, 0) is 0 Å². The van der Waals surface area contributed by atoms with Crippen molar-refractivity contribution in [3.05, 3.63) is 42.2 Å². The van der Waals surface area contributed by atoms with E-state index < -0.39 is 0 Å². The molecule has 1 N–H and O–H groups in total. The van der Waals surface area contributed by atoms with E-state index in [9.17, 15) is 9.18 Å². The second kappa shape index (κ2) is 7.57. The molecule has 0 saturated carbocycles. The van der Waals surface area contributed by atoms with Crippen LogP contribution in [0.25, 0.3) is 11.3 Å². The number of amides is 2. The monoisotopic (exact) mass is 343 g/mol. The summed E-state index contributed by atoms with van der Waals surface area (Å²) >= 11 is 0. The number of hydrogen-bond acceptors (Lipinski definition) is 4. The van der Waals surface area contributed by atoms with Gasteiger partial charge in [-0.3, -0.25) is 5.32 Å². The molecule has 1 saturated heterocycles. The van der Waals surface area contributed by atoms with Crippen molar-refractivity contribution in [1.82, 2.24) is 20.0 Å². The van der Waals surface area contributed by atoms with Gasteiger partial charge >= 0.3 is 6.03 Å². The molecule has 3 rings (SSSR count). The van der Waals surface area contributed by atoms with Gasteiger partial charge in [0.25, 0.3) is 0 Å². The van der Waals surface area contributed by atoms with Gasteiger partial charge in [0.15, 0.2) is 5.82 Å². The van der Waals surface area contributed by atoms with E-state index in [1.165, 1.54) is 6.07 Å². The molecule has 0 unspecified atom stereocenters. The minimum absolute atomic E-state index is 0.176. The van der Waals surface area contributed by atoms with E-state index in [0.29, 0.717) is 23.1 Å². The number of piperidine rings is 1. The fourth-order valence-electron chi connectivity index (χ4n) is 2.99. The van der Waals surface area contributed by atoms with Crippen LogP contribution < -0.4 is 5.32 Å². The van der Waals surface area contributed by atoms with E-state index in [2.05, 4.69) is 34.5 Å². The van der Waals surface area contributed by atoms with Crippen LogP contribution in [0.15, 0.2) is 36.4 Å². The molecular formula is C18H22FN5O. The Kier molecular flexibility index (Phi) is 5.23. The highest BCUT2D eigenvalue weighted by Crippen LogP contribution is 2.20. The summed E-state index contributed by atoms with van der Waals surface area (Å²) in [4.78, 5) is 16.3. The summed E-state index contributed by atoms with van der Waals surface area (Å²) in [6.07, 6.45) is 1.91. The number of carbonyl (C=O) groups excluding carboxylic acids is 1. The van der Waals surface area contributed by atoms with Gasteiger partial charge in [-0.25, -0.2) is 9.18 Å². The first-order chi connectivity index (χ1) is 12.0. The van der Waals surface area contributed by atoms with Gasteiger partial charge in [-0.05, 0) is 51.2 Å². The van der Waals surface area contributed by atoms with Gasteiger partial charge in [0.05, 0.1) is 5.69 Å². The molecule has 2 aromatic rings. The average Bonchev–Trinajstić information content (AvgIpc) is 2.63. The summed E-state index contributed by atoms with van der Waals surface area (Å²) in [5, 5.41) is 10.8. The van der Waals surface area contributed by atoms with Crippen molar-refractivity contribution in [2.75, 3.05) is 32.5 Å². The van der Waals surface area contributed by atoms with Crippen LogP contribution in [0.5, 0.6) is 0 Å². The Labute approximate surface area is 146 Å². The van der Waals surface area contributed by atoms with Crippen LogP contribution in [0.4, 0.5) is 15.0 Å². The highest BCUT2D eigenvalue weighted by Gasteiger charge is 2.24. The SMILES string of the molecule is CN(C)C1CCN(C(=O)Nc2ccc(-c3ccccc3F)nn2)CC1. The summed E-state index contributed by atoms with van der Waals surface area (Å²) in [5.74, 6) is 0.0113. The quantitative estimate of drug-likeness (QED) is 0.931. The molecule has 0 aliphatic carbocycles. The van der Waals surface area contributed by atoms with Crippen molar-refractivity contribution in [2.45, 2.75) is 18.9 Å². The molecule has 2 heterocycles. The lowest BCUT2D eigenvalue weighted by molar-refractivity contribution is 0.156. The second-order valence-electron chi connectivity index (χ2n) is 6.40. The Morgan fingerprint density at radius 3 is 2.48 bits per heavy atom. The summed E-state index contributed by atoms with van der Waals surface area (Å²) in [5.41, 5.74) is 0.821. The molecule has 1 aliphatic heterocycles. The van der Waals surface area contributed by atoms with Crippen LogP contribution in [0.3, 0.4) is 0 Å². The van der Waals surface area contributed by atoms with Crippen LogP contribution >= 0.6 is 0 Å². The van der Waals surface area contributed by atoms with Crippen LogP contribution in [-0.4, -0.2) is 59.3 Å². The molecule has 25 heavy (non-hydrogen) atoms. The van der Waals surface area contributed by atoms with Crippen molar-refractivity contribution in [1.29, 1.82) is 0 Å². The molecule has 7 heteroatoms. The highest BCUT2D eigenvalue weighted by molar-refractivity contribution is 5.88. The number of anilines is 1. The maximum Gasteiger partial charge on any atom is 0.323 e.